The summed E-state index contributed by atoms with van der Waals surface area (Å²) in [5, 5.41) is 2.83. The quantitative estimate of drug-likeness (QED) is 0.684. The van der Waals surface area contributed by atoms with Crippen LogP contribution in [-0.4, -0.2) is 31.4 Å². The van der Waals surface area contributed by atoms with Gasteiger partial charge in [0.2, 0.25) is 5.91 Å². The van der Waals surface area contributed by atoms with E-state index in [0.29, 0.717) is 11.1 Å². The Hall–Kier alpha value is -2.45. The Balaban J connectivity index is 2.12. The summed E-state index contributed by atoms with van der Waals surface area (Å²) in [6.45, 7) is 1.71. The lowest BCUT2D eigenvalue weighted by atomic mass is 9.95. The van der Waals surface area contributed by atoms with Crippen LogP contribution in [0.2, 0.25) is 0 Å². The summed E-state index contributed by atoms with van der Waals surface area (Å²) in [7, 11) is 2.91. The van der Waals surface area contributed by atoms with Gasteiger partial charge in [-0.25, -0.2) is 0 Å². The van der Waals surface area contributed by atoms with Crippen molar-refractivity contribution >= 4 is 5.91 Å². The van der Waals surface area contributed by atoms with Gasteiger partial charge in [-0.1, -0.05) is 31.2 Å². The molecule has 0 aliphatic heterocycles. The summed E-state index contributed by atoms with van der Waals surface area (Å²) in [6, 6.07) is 7.90. The highest BCUT2D eigenvalue weighted by molar-refractivity contribution is 5.77. The topological polar surface area (TPSA) is 60.5 Å². The van der Waals surface area contributed by atoms with Crippen molar-refractivity contribution in [3.05, 3.63) is 65.5 Å². The largest absolute Gasteiger partial charge is 0.416 e. The molecule has 1 aromatic carbocycles. The van der Waals surface area contributed by atoms with E-state index in [9.17, 15) is 18.0 Å². The van der Waals surface area contributed by atoms with Crippen LogP contribution in [0.1, 0.15) is 42.0 Å². The molecule has 0 bridgehead atoms. The van der Waals surface area contributed by atoms with Crippen molar-refractivity contribution in [3.8, 4) is 0 Å². The molecule has 0 saturated heterocycles. The van der Waals surface area contributed by atoms with Crippen molar-refractivity contribution in [2.45, 2.75) is 37.8 Å². The summed E-state index contributed by atoms with van der Waals surface area (Å²) < 4.78 is 49.3. The molecule has 1 aromatic heterocycles. The zero-order valence-corrected chi connectivity index (χ0v) is 15.9. The fraction of sp³-hybridized carbons (Fsp3) is 0.400. The van der Waals surface area contributed by atoms with Gasteiger partial charge in [-0.05, 0) is 29.2 Å². The maximum atomic E-state index is 12.9. The van der Waals surface area contributed by atoms with Gasteiger partial charge >= 0.3 is 6.18 Å². The highest BCUT2D eigenvalue weighted by atomic mass is 19.4. The van der Waals surface area contributed by atoms with Crippen LogP contribution >= 0.6 is 0 Å². The lowest BCUT2D eigenvalue weighted by Gasteiger charge is -2.26. The van der Waals surface area contributed by atoms with Crippen molar-refractivity contribution < 1.29 is 27.4 Å². The maximum absolute atomic E-state index is 12.9. The molecule has 1 N–H and O–H groups in total. The number of carbonyl (C=O) groups is 1. The number of aromatic nitrogens is 1. The van der Waals surface area contributed by atoms with E-state index in [1.807, 2.05) is 0 Å². The molecule has 0 aliphatic rings. The van der Waals surface area contributed by atoms with Crippen molar-refractivity contribution in [2.75, 3.05) is 14.2 Å². The number of ether oxygens (including phenoxy) is 2. The fourth-order valence-electron chi connectivity index (χ4n) is 2.89. The summed E-state index contributed by atoms with van der Waals surface area (Å²) in [6.07, 6.45) is -1.96. The second-order valence-electron chi connectivity index (χ2n) is 6.40. The number of pyridine rings is 1. The maximum Gasteiger partial charge on any atom is 0.416 e. The highest BCUT2D eigenvalue weighted by Gasteiger charge is 2.31. The van der Waals surface area contributed by atoms with Gasteiger partial charge in [-0.15, -0.1) is 0 Å². The minimum absolute atomic E-state index is 0.0121. The van der Waals surface area contributed by atoms with Gasteiger partial charge < -0.3 is 14.8 Å². The highest BCUT2D eigenvalue weighted by Crippen LogP contribution is 2.32. The number of amides is 1. The van der Waals surface area contributed by atoms with Crippen molar-refractivity contribution in [2.24, 2.45) is 0 Å². The molecule has 28 heavy (non-hydrogen) atoms. The zero-order chi connectivity index (χ0) is 20.7. The third-order valence-electron chi connectivity index (χ3n) is 4.37. The number of nitrogens with one attached hydrogen (secondary N) is 1. The van der Waals surface area contributed by atoms with E-state index in [4.69, 9.17) is 9.47 Å². The Kier molecular flexibility index (Phi) is 7.53. The van der Waals surface area contributed by atoms with Gasteiger partial charge in [0.05, 0.1) is 5.56 Å². The molecule has 0 aliphatic carbocycles. The molecule has 0 spiro atoms. The molecule has 1 heterocycles. The van der Waals surface area contributed by atoms with E-state index in [1.165, 1.54) is 20.3 Å². The van der Waals surface area contributed by atoms with Crippen molar-refractivity contribution in [1.29, 1.82) is 0 Å². The molecule has 0 radical (unpaired) electrons. The van der Waals surface area contributed by atoms with Crippen molar-refractivity contribution in [1.82, 2.24) is 10.3 Å². The second-order valence-corrected chi connectivity index (χ2v) is 6.40. The average Bonchev–Trinajstić information content (AvgIpc) is 2.68. The number of hydrogen-bond acceptors (Lipinski definition) is 4. The number of nitrogens with zero attached hydrogens (tertiary/aromatic N) is 1. The molecular weight excluding hydrogens is 373 g/mol. The molecule has 5 nitrogen and oxygen atoms in total. The second kappa shape index (κ2) is 9.66. The third-order valence-corrected chi connectivity index (χ3v) is 4.37. The first kappa shape index (κ1) is 21.8. The van der Waals surface area contributed by atoms with E-state index < -0.39 is 30.0 Å². The summed E-state index contributed by atoms with van der Waals surface area (Å²) in [5.74, 6) is -0.738. The number of benzene rings is 1. The molecule has 8 heteroatoms. The van der Waals surface area contributed by atoms with Gasteiger partial charge in [0.1, 0.15) is 6.04 Å². The number of alkyl halides is 3. The smallest absolute Gasteiger partial charge is 0.353 e. The van der Waals surface area contributed by atoms with Crippen LogP contribution in [0.15, 0.2) is 48.8 Å². The summed E-state index contributed by atoms with van der Waals surface area (Å²) in [4.78, 5) is 16.6. The SMILES string of the molecule is COC(OC)[C@H](NC(=O)C[C@H](C)c1cccc(C(F)(F)F)c1)c1cccnc1. The molecule has 152 valence electrons. The molecule has 1 amide bonds. The van der Waals surface area contributed by atoms with E-state index in [0.717, 1.165) is 12.1 Å². The zero-order valence-electron chi connectivity index (χ0n) is 15.9. The van der Waals surface area contributed by atoms with Gasteiger partial charge in [-0.3, -0.25) is 9.78 Å². The van der Waals surface area contributed by atoms with Crippen LogP contribution < -0.4 is 5.32 Å². The molecule has 2 rings (SSSR count). The number of halogens is 3. The molecule has 2 atom stereocenters. The monoisotopic (exact) mass is 396 g/mol. The fourth-order valence-corrected chi connectivity index (χ4v) is 2.89. The van der Waals surface area contributed by atoms with Crippen LogP contribution in [-0.2, 0) is 20.4 Å². The van der Waals surface area contributed by atoms with Crippen LogP contribution in [0.4, 0.5) is 13.2 Å². The Morgan fingerprint density at radius 2 is 1.82 bits per heavy atom. The van der Waals surface area contributed by atoms with Gasteiger partial charge in [0.15, 0.2) is 6.29 Å². The normalized spacial score (nSPS) is 14.0. The van der Waals surface area contributed by atoms with Gasteiger partial charge in [0.25, 0.3) is 0 Å². The molecule has 2 aromatic rings. The molecule has 0 saturated carbocycles. The minimum Gasteiger partial charge on any atom is -0.353 e. The first-order valence-corrected chi connectivity index (χ1v) is 8.68. The Morgan fingerprint density at radius 3 is 2.39 bits per heavy atom. The third kappa shape index (κ3) is 5.77. The van der Waals surface area contributed by atoms with E-state index in [1.54, 1.807) is 37.5 Å². The predicted molar refractivity (Wildman–Crippen MR) is 97.4 cm³/mol. The van der Waals surface area contributed by atoms with E-state index >= 15 is 0 Å². The molecule has 0 fully saturated rings. The summed E-state index contributed by atoms with van der Waals surface area (Å²) >= 11 is 0. The Morgan fingerprint density at radius 1 is 1.14 bits per heavy atom. The number of rotatable bonds is 8. The number of methoxy groups -OCH3 is 2. The van der Waals surface area contributed by atoms with E-state index in [-0.39, 0.29) is 12.3 Å². The molecule has 0 unspecified atom stereocenters. The van der Waals surface area contributed by atoms with Crippen LogP contribution in [0.25, 0.3) is 0 Å². The number of hydrogen-bond donors (Lipinski definition) is 1. The van der Waals surface area contributed by atoms with Crippen molar-refractivity contribution in [3.63, 3.8) is 0 Å². The van der Waals surface area contributed by atoms with E-state index in [2.05, 4.69) is 10.3 Å². The van der Waals surface area contributed by atoms with Crippen LogP contribution in [0, 0.1) is 0 Å². The average molecular weight is 396 g/mol. The van der Waals surface area contributed by atoms with Gasteiger partial charge in [-0.2, -0.15) is 13.2 Å². The van der Waals surface area contributed by atoms with Crippen LogP contribution in [0.3, 0.4) is 0 Å². The van der Waals surface area contributed by atoms with Gasteiger partial charge in [0, 0.05) is 33.0 Å². The van der Waals surface area contributed by atoms with Crippen LogP contribution in [0.5, 0.6) is 0 Å². The first-order valence-electron chi connectivity index (χ1n) is 8.68. The standard InChI is InChI=1S/C20H23F3N2O3/c1-13(14-6-4-8-16(11-14)20(21,22)23)10-17(26)25-18(19(27-2)28-3)15-7-5-9-24-12-15/h4-9,11-13,18-19H,10H2,1-3H3,(H,25,26)/t13-,18+/m0/s1. The summed E-state index contributed by atoms with van der Waals surface area (Å²) in [5.41, 5.74) is 0.401. The predicted octanol–water partition coefficient (Wildman–Crippen LogP) is 4.07. The lowest BCUT2D eigenvalue weighted by molar-refractivity contribution is -0.138. The Labute approximate surface area is 161 Å². The Bertz CT molecular complexity index is 765. The first-order chi connectivity index (χ1) is 13.3. The lowest BCUT2D eigenvalue weighted by Crippen LogP contribution is -2.38. The molecular formula is C20H23F3N2O3. The number of carbonyl (C=O) groups excluding carboxylic acids is 1. The minimum atomic E-state index is -4.42.